The molecular formula is C16H26N2O3. The number of rotatable bonds is 8. The molecule has 0 spiro atoms. The van der Waals surface area contributed by atoms with Crippen LogP contribution in [-0.2, 0) is 4.79 Å². The molecule has 0 aliphatic heterocycles. The third kappa shape index (κ3) is 5.27. The van der Waals surface area contributed by atoms with Crippen LogP contribution in [0.4, 0.5) is 0 Å². The number of nitrogens with one attached hydrogen (secondary N) is 1. The number of methoxy groups -OCH3 is 1. The summed E-state index contributed by atoms with van der Waals surface area (Å²) in [6.07, 6.45) is 1.43. The lowest BCUT2D eigenvalue weighted by Crippen LogP contribution is -2.37. The van der Waals surface area contributed by atoms with Gasteiger partial charge in [0.05, 0.1) is 7.11 Å². The van der Waals surface area contributed by atoms with Crippen molar-refractivity contribution in [3.63, 3.8) is 0 Å². The first kappa shape index (κ1) is 17.3. The molecule has 0 fully saturated rings. The van der Waals surface area contributed by atoms with Crippen LogP contribution in [0.25, 0.3) is 0 Å². The maximum atomic E-state index is 12.0. The van der Waals surface area contributed by atoms with E-state index in [0.717, 1.165) is 18.4 Å². The molecule has 1 unspecified atom stereocenters. The summed E-state index contributed by atoms with van der Waals surface area (Å²) in [4.78, 5) is 12.0. The zero-order valence-corrected chi connectivity index (χ0v) is 13.3. The molecule has 0 aromatic heterocycles. The van der Waals surface area contributed by atoms with E-state index < -0.39 is 6.10 Å². The van der Waals surface area contributed by atoms with Gasteiger partial charge in [0.1, 0.15) is 11.5 Å². The molecule has 1 aromatic carbocycles. The highest BCUT2D eigenvalue weighted by atomic mass is 16.5. The number of ether oxygens (including phenoxy) is 2. The highest BCUT2D eigenvalue weighted by Gasteiger charge is 2.17. The SMILES string of the molecule is CCCCNC(=O)C(C)Oc1cc(OC)ccc1[C@@H](C)N. The fraction of sp³-hybridized carbons (Fsp3) is 0.562. The normalized spacial score (nSPS) is 13.4. The Morgan fingerprint density at radius 3 is 2.67 bits per heavy atom. The maximum absolute atomic E-state index is 12.0. The third-order valence-electron chi connectivity index (χ3n) is 3.21. The van der Waals surface area contributed by atoms with Gasteiger partial charge >= 0.3 is 0 Å². The van der Waals surface area contributed by atoms with Crippen molar-refractivity contribution in [3.8, 4) is 11.5 Å². The van der Waals surface area contributed by atoms with E-state index in [2.05, 4.69) is 12.2 Å². The first-order chi connectivity index (χ1) is 9.99. The molecule has 5 nitrogen and oxygen atoms in total. The predicted molar refractivity (Wildman–Crippen MR) is 83.6 cm³/mol. The van der Waals surface area contributed by atoms with Crippen LogP contribution in [0.3, 0.4) is 0 Å². The summed E-state index contributed by atoms with van der Waals surface area (Å²) >= 11 is 0. The first-order valence-corrected chi connectivity index (χ1v) is 7.37. The Balaban J connectivity index is 2.77. The zero-order chi connectivity index (χ0) is 15.8. The number of unbranched alkanes of at least 4 members (excludes halogenated alkanes) is 1. The molecule has 0 saturated heterocycles. The van der Waals surface area contributed by atoms with Gasteiger partial charge in [-0.25, -0.2) is 0 Å². The summed E-state index contributed by atoms with van der Waals surface area (Å²) < 4.78 is 11.0. The van der Waals surface area contributed by atoms with Crippen molar-refractivity contribution in [3.05, 3.63) is 23.8 Å². The van der Waals surface area contributed by atoms with Crippen LogP contribution in [0.1, 0.15) is 45.2 Å². The summed E-state index contributed by atoms with van der Waals surface area (Å²) in [6.45, 7) is 6.35. The van der Waals surface area contributed by atoms with Gasteiger partial charge in [-0.05, 0) is 26.3 Å². The second-order valence-electron chi connectivity index (χ2n) is 5.10. The lowest BCUT2D eigenvalue weighted by Gasteiger charge is -2.19. The molecule has 5 heteroatoms. The summed E-state index contributed by atoms with van der Waals surface area (Å²) in [7, 11) is 1.59. The van der Waals surface area contributed by atoms with Gasteiger partial charge in [-0.3, -0.25) is 4.79 Å². The number of benzene rings is 1. The van der Waals surface area contributed by atoms with Crippen LogP contribution >= 0.6 is 0 Å². The van der Waals surface area contributed by atoms with Crippen molar-refractivity contribution in [2.24, 2.45) is 5.73 Å². The fourth-order valence-corrected chi connectivity index (χ4v) is 1.90. The Labute approximate surface area is 126 Å². The van der Waals surface area contributed by atoms with E-state index in [-0.39, 0.29) is 11.9 Å². The van der Waals surface area contributed by atoms with Crippen molar-refractivity contribution >= 4 is 5.91 Å². The third-order valence-corrected chi connectivity index (χ3v) is 3.21. The Bertz CT molecular complexity index is 461. The topological polar surface area (TPSA) is 73.6 Å². The molecule has 2 atom stereocenters. The van der Waals surface area contributed by atoms with Gasteiger partial charge in [-0.1, -0.05) is 19.4 Å². The van der Waals surface area contributed by atoms with E-state index >= 15 is 0 Å². The van der Waals surface area contributed by atoms with Crippen molar-refractivity contribution in [1.82, 2.24) is 5.32 Å². The Kier molecular flexibility index (Phi) is 7.02. The van der Waals surface area contributed by atoms with Gasteiger partial charge in [0, 0.05) is 24.2 Å². The molecule has 1 rings (SSSR count). The van der Waals surface area contributed by atoms with Crippen LogP contribution in [0, 0.1) is 0 Å². The molecule has 118 valence electrons. The van der Waals surface area contributed by atoms with E-state index in [9.17, 15) is 4.79 Å². The molecule has 0 saturated carbocycles. The molecule has 3 N–H and O–H groups in total. The highest BCUT2D eigenvalue weighted by molar-refractivity contribution is 5.80. The summed E-state index contributed by atoms with van der Waals surface area (Å²) in [5.41, 5.74) is 6.79. The van der Waals surface area contributed by atoms with Crippen LogP contribution in [0.5, 0.6) is 11.5 Å². The second kappa shape index (κ2) is 8.52. The van der Waals surface area contributed by atoms with E-state index in [4.69, 9.17) is 15.2 Å². The number of amides is 1. The number of hydrogen-bond donors (Lipinski definition) is 2. The van der Waals surface area contributed by atoms with Gasteiger partial charge in [0.25, 0.3) is 5.91 Å². The Morgan fingerprint density at radius 1 is 1.38 bits per heavy atom. The van der Waals surface area contributed by atoms with Crippen LogP contribution < -0.4 is 20.5 Å². The quantitative estimate of drug-likeness (QED) is 0.722. The average molecular weight is 294 g/mol. The van der Waals surface area contributed by atoms with Crippen LogP contribution in [-0.4, -0.2) is 25.7 Å². The largest absolute Gasteiger partial charge is 0.497 e. The van der Waals surface area contributed by atoms with E-state index in [1.807, 2.05) is 19.1 Å². The molecule has 0 aliphatic rings. The molecule has 0 heterocycles. The number of hydrogen-bond acceptors (Lipinski definition) is 4. The molecule has 0 bridgehead atoms. The van der Waals surface area contributed by atoms with Crippen LogP contribution in [0.15, 0.2) is 18.2 Å². The van der Waals surface area contributed by atoms with Gasteiger partial charge < -0.3 is 20.5 Å². The smallest absolute Gasteiger partial charge is 0.260 e. The Hall–Kier alpha value is -1.75. The molecular weight excluding hydrogens is 268 g/mol. The van der Waals surface area contributed by atoms with E-state index in [1.54, 1.807) is 20.1 Å². The summed E-state index contributed by atoms with van der Waals surface area (Å²) in [6, 6.07) is 5.27. The van der Waals surface area contributed by atoms with Crippen molar-refractivity contribution < 1.29 is 14.3 Å². The molecule has 0 aliphatic carbocycles. The van der Waals surface area contributed by atoms with Gasteiger partial charge in [0.15, 0.2) is 6.10 Å². The maximum Gasteiger partial charge on any atom is 0.260 e. The van der Waals surface area contributed by atoms with E-state index in [0.29, 0.717) is 18.0 Å². The second-order valence-corrected chi connectivity index (χ2v) is 5.10. The minimum atomic E-state index is -0.577. The van der Waals surface area contributed by atoms with Gasteiger partial charge in [-0.15, -0.1) is 0 Å². The minimum absolute atomic E-state index is 0.123. The Morgan fingerprint density at radius 2 is 2.10 bits per heavy atom. The molecule has 1 aromatic rings. The number of nitrogens with two attached hydrogens (primary N) is 1. The lowest BCUT2D eigenvalue weighted by atomic mass is 10.1. The monoisotopic (exact) mass is 294 g/mol. The van der Waals surface area contributed by atoms with Crippen molar-refractivity contribution in [1.29, 1.82) is 0 Å². The first-order valence-electron chi connectivity index (χ1n) is 7.37. The number of carbonyl (C=O) groups excluding carboxylic acids is 1. The zero-order valence-electron chi connectivity index (χ0n) is 13.3. The molecule has 21 heavy (non-hydrogen) atoms. The van der Waals surface area contributed by atoms with Crippen molar-refractivity contribution in [2.75, 3.05) is 13.7 Å². The minimum Gasteiger partial charge on any atom is -0.497 e. The van der Waals surface area contributed by atoms with Gasteiger partial charge in [0.2, 0.25) is 0 Å². The standard InChI is InChI=1S/C16H26N2O3/c1-5-6-9-18-16(19)12(3)21-15-10-13(20-4)7-8-14(15)11(2)17/h7-8,10-12H,5-6,9,17H2,1-4H3,(H,18,19)/t11-,12?/m1/s1. The molecule has 0 radical (unpaired) electrons. The van der Waals surface area contributed by atoms with E-state index in [1.165, 1.54) is 0 Å². The lowest BCUT2D eigenvalue weighted by molar-refractivity contribution is -0.127. The highest BCUT2D eigenvalue weighted by Crippen LogP contribution is 2.29. The van der Waals surface area contributed by atoms with Crippen LogP contribution in [0.2, 0.25) is 0 Å². The average Bonchev–Trinajstić information content (AvgIpc) is 2.46. The summed E-state index contributed by atoms with van der Waals surface area (Å²) in [5, 5.41) is 2.85. The van der Waals surface area contributed by atoms with Crippen molar-refractivity contribution in [2.45, 2.75) is 45.8 Å². The number of carbonyl (C=O) groups is 1. The molecule has 1 amide bonds. The predicted octanol–water partition coefficient (Wildman–Crippen LogP) is 2.40. The van der Waals surface area contributed by atoms with Gasteiger partial charge in [-0.2, -0.15) is 0 Å². The fourth-order valence-electron chi connectivity index (χ4n) is 1.90. The summed E-state index contributed by atoms with van der Waals surface area (Å²) in [5.74, 6) is 1.14.